The van der Waals surface area contributed by atoms with Gasteiger partial charge in [0.05, 0.1) is 11.8 Å². The SMILES string of the molecule is CCc1ncc(S(=O)(=O)N2CC(O)(C(C)C)C2)[nH]1. The molecule has 0 aromatic carbocycles. The Labute approximate surface area is 107 Å². The van der Waals surface area contributed by atoms with E-state index in [4.69, 9.17) is 0 Å². The van der Waals surface area contributed by atoms with Gasteiger partial charge in [-0.1, -0.05) is 20.8 Å². The molecule has 1 aliphatic heterocycles. The Balaban J connectivity index is 2.15. The van der Waals surface area contributed by atoms with Gasteiger partial charge in [-0.15, -0.1) is 0 Å². The summed E-state index contributed by atoms with van der Waals surface area (Å²) in [7, 11) is -3.54. The fourth-order valence-corrected chi connectivity index (χ4v) is 3.39. The number of aromatic amines is 1. The van der Waals surface area contributed by atoms with Crippen molar-refractivity contribution in [3.8, 4) is 0 Å². The Bertz CT molecular complexity index is 529. The van der Waals surface area contributed by atoms with Gasteiger partial charge in [0, 0.05) is 19.5 Å². The number of nitrogens with one attached hydrogen (secondary N) is 1. The standard InChI is InChI=1S/C11H19N3O3S/c1-4-9-12-5-10(13-9)18(16,17)14-6-11(15,7-14)8(2)3/h5,8,15H,4,6-7H2,1-3H3,(H,12,13). The highest BCUT2D eigenvalue weighted by Crippen LogP contribution is 2.32. The first kappa shape index (κ1) is 13.5. The van der Waals surface area contributed by atoms with Gasteiger partial charge in [-0.25, -0.2) is 13.4 Å². The number of rotatable bonds is 4. The summed E-state index contributed by atoms with van der Waals surface area (Å²) in [5, 5.41) is 10.2. The predicted octanol–water partition coefficient (Wildman–Crippen LogP) is 0.363. The number of sulfonamides is 1. The Kier molecular flexibility index (Phi) is 3.25. The maximum absolute atomic E-state index is 12.2. The summed E-state index contributed by atoms with van der Waals surface area (Å²) >= 11 is 0. The number of nitrogens with zero attached hydrogens (tertiary/aromatic N) is 2. The summed E-state index contributed by atoms with van der Waals surface area (Å²) in [4.78, 5) is 6.78. The van der Waals surface area contributed by atoms with Crippen molar-refractivity contribution in [3.05, 3.63) is 12.0 Å². The monoisotopic (exact) mass is 273 g/mol. The number of H-pyrrole nitrogens is 1. The third-order valence-corrected chi connectivity index (χ3v) is 5.23. The minimum absolute atomic E-state index is 0.0388. The zero-order valence-corrected chi connectivity index (χ0v) is 11.7. The van der Waals surface area contributed by atoms with Crippen molar-refractivity contribution in [2.24, 2.45) is 5.92 Å². The smallest absolute Gasteiger partial charge is 0.260 e. The van der Waals surface area contributed by atoms with E-state index >= 15 is 0 Å². The van der Waals surface area contributed by atoms with Crippen molar-refractivity contribution < 1.29 is 13.5 Å². The fourth-order valence-electron chi connectivity index (χ4n) is 1.89. The van der Waals surface area contributed by atoms with Crippen molar-refractivity contribution in [1.29, 1.82) is 0 Å². The summed E-state index contributed by atoms with van der Waals surface area (Å²) < 4.78 is 25.7. The van der Waals surface area contributed by atoms with Crippen molar-refractivity contribution in [1.82, 2.24) is 14.3 Å². The van der Waals surface area contributed by atoms with Crippen LogP contribution < -0.4 is 0 Å². The van der Waals surface area contributed by atoms with Crippen molar-refractivity contribution in [2.45, 2.75) is 37.8 Å². The van der Waals surface area contributed by atoms with Crippen molar-refractivity contribution in [3.63, 3.8) is 0 Å². The maximum atomic E-state index is 12.2. The molecule has 0 radical (unpaired) electrons. The number of β-amino-alcohol motifs (C(OH)–C–C–N with tert-alkyl or cyclic N) is 1. The van der Waals surface area contributed by atoms with E-state index in [0.717, 1.165) is 0 Å². The number of imidazole rings is 1. The van der Waals surface area contributed by atoms with Gasteiger partial charge in [-0.3, -0.25) is 0 Å². The highest BCUT2D eigenvalue weighted by molar-refractivity contribution is 7.89. The molecule has 0 aliphatic carbocycles. The molecule has 1 aromatic rings. The first-order valence-corrected chi connectivity index (χ1v) is 7.50. The molecule has 0 amide bonds. The van der Waals surface area contributed by atoms with Gasteiger partial charge >= 0.3 is 0 Å². The molecule has 2 N–H and O–H groups in total. The van der Waals surface area contributed by atoms with Crippen LogP contribution in [-0.4, -0.2) is 46.5 Å². The Morgan fingerprint density at radius 3 is 2.61 bits per heavy atom. The number of hydrogen-bond acceptors (Lipinski definition) is 4. The van der Waals surface area contributed by atoms with E-state index in [0.29, 0.717) is 12.2 Å². The van der Waals surface area contributed by atoms with Crippen LogP contribution in [0.1, 0.15) is 26.6 Å². The van der Waals surface area contributed by atoms with E-state index in [2.05, 4.69) is 9.97 Å². The molecule has 0 unspecified atom stereocenters. The zero-order chi connectivity index (χ0) is 13.6. The molecule has 7 heteroatoms. The van der Waals surface area contributed by atoms with E-state index in [1.54, 1.807) is 0 Å². The van der Waals surface area contributed by atoms with E-state index in [1.807, 2.05) is 20.8 Å². The van der Waals surface area contributed by atoms with Crippen LogP contribution in [0.25, 0.3) is 0 Å². The Morgan fingerprint density at radius 2 is 2.17 bits per heavy atom. The van der Waals surface area contributed by atoms with Crippen molar-refractivity contribution >= 4 is 10.0 Å². The second-order valence-corrected chi connectivity index (χ2v) is 6.99. The summed E-state index contributed by atoms with van der Waals surface area (Å²) in [6.07, 6.45) is 1.99. The molecule has 0 spiro atoms. The molecule has 6 nitrogen and oxygen atoms in total. The third kappa shape index (κ3) is 2.06. The largest absolute Gasteiger partial charge is 0.387 e. The normalized spacial score (nSPS) is 20.1. The Hall–Kier alpha value is -0.920. The molecule has 102 valence electrons. The molecule has 1 aliphatic rings. The molecule has 0 bridgehead atoms. The predicted molar refractivity (Wildman–Crippen MR) is 66.5 cm³/mol. The van der Waals surface area contributed by atoms with E-state index in [-0.39, 0.29) is 24.0 Å². The van der Waals surface area contributed by atoms with E-state index < -0.39 is 15.6 Å². The number of aliphatic hydroxyl groups is 1. The van der Waals surface area contributed by atoms with Crippen LogP contribution in [0.15, 0.2) is 11.2 Å². The van der Waals surface area contributed by atoms with Crippen LogP contribution >= 0.6 is 0 Å². The van der Waals surface area contributed by atoms with Gasteiger partial charge in [0.15, 0.2) is 5.03 Å². The second kappa shape index (κ2) is 4.32. The van der Waals surface area contributed by atoms with Gasteiger partial charge in [-0.2, -0.15) is 4.31 Å². The minimum Gasteiger partial charge on any atom is -0.387 e. The van der Waals surface area contributed by atoms with Crippen LogP contribution in [0.3, 0.4) is 0 Å². The van der Waals surface area contributed by atoms with Crippen LogP contribution in [-0.2, 0) is 16.4 Å². The molecule has 0 atom stereocenters. The Morgan fingerprint density at radius 1 is 1.56 bits per heavy atom. The quantitative estimate of drug-likeness (QED) is 0.829. The average Bonchev–Trinajstić information content (AvgIpc) is 2.73. The fraction of sp³-hybridized carbons (Fsp3) is 0.727. The van der Waals surface area contributed by atoms with E-state index in [1.165, 1.54) is 10.5 Å². The lowest BCUT2D eigenvalue weighted by molar-refractivity contribution is -0.0933. The summed E-state index contributed by atoms with van der Waals surface area (Å²) in [5.74, 6) is 0.685. The minimum atomic E-state index is -3.54. The molecule has 1 aromatic heterocycles. The molecule has 1 saturated heterocycles. The van der Waals surface area contributed by atoms with Gasteiger partial charge in [0.1, 0.15) is 5.82 Å². The van der Waals surface area contributed by atoms with Crippen LogP contribution in [0.2, 0.25) is 0 Å². The second-order valence-electron chi connectivity index (χ2n) is 5.08. The third-order valence-electron chi connectivity index (χ3n) is 3.53. The molecule has 2 heterocycles. The lowest BCUT2D eigenvalue weighted by atomic mass is 9.85. The first-order chi connectivity index (χ1) is 8.29. The molecule has 18 heavy (non-hydrogen) atoms. The highest BCUT2D eigenvalue weighted by Gasteiger charge is 2.49. The topological polar surface area (TPSA) is 86.3 Å². The number of aryl methyl sites for hydroxylation is 1. The van der Waals surface area contributed by atoms with Gasteiger partial charge < -0.3 is 10.1 Å². The van der Waals surface area contributed by atoms with Crippen LogP contribution in [0, 0.1) is 5.92 Å². The van der Waals surface area contributed by atoms with Crippen LogP contribution in [0.5, 0.6) is 0 Å². The van der Waals surface area contributed by atoms with Gasteiger partial charge in [0.25, 0.3) is 10.0 Å². The van der Waals surface area contributed by atoms with Gasteiger partial charge in [0.2, 0.25) is 0 Å². The lowest BCUT2D eigenvalue weighted by Crippen LogP contribution is -2.65. The molecule has 2 rings (SSSR count). The van der Waals surface area contributed by atoms with Crippen LogP contribution in [0.4, 0.5) is 0 Å². The van der Waals surface area contributed by atoms with Crippen molar-refractivity contribution in [2.75, 3.05) is 13.1 Å². The molecule has 0 saturated carbocycles. The average molecular weight is 273 g/mol. The number of aromatic nitrogens is 2. The zero-order valence-electron chi connectivity index (χ0n) is 10.8. The lowest BCUT2D eigenvalue weighted by Gasteiger charge is -2.47. The molecular weight excluding hydrogens is 254 g/mol. The summed E-state index contributed by atoms with van der Waals surface area (Å²) in [6.45, 7) is 5.96. The summed E-state index contributed by atoms with van der Waals surface area (Å²) in [6, 6.07) is 0. The highest BCUT2D eigenvalue weighted by atomic mass is 32.2. The van der Waals surface area contributed by atoms with Gasteiger partial charge in [-0.05, 0) is 5.92 Å². The summed E-state index contributed by atoms with van der Waals surface area (Å²) in [5.41, 5.74) is -0.902. The molecular formula is C11H19N3O3S. The number of hydrogen-bond donors (Lipinski definition) is 2. The van der Waals surface area contributed by atoms with E-state index in [9.17, 15) is 13.5 Å². The maximum Gasteiger partial charge on any atom is 0.260 e. The first-order valence-electron chi connectivity index (χ1n) is 6.06. The molecule has 1 fully saturated rings.